The molecule has 0 saturated heterocycles. The number of hydrogen-bond donors (Lipinski definition) is 0. The molecule has 0 atom stereocenters. The monoisotopic (exact) mass is 201 g/mol. The number of aldehydes is 1. The summed E-state index contributed by atoms with van der Waals surface area (Å²) in [5.74, 6) is 0.845. The lowest BCUT2D eigenvalue weighted by molar-refractivity contribution is 0.112. The molecule has 2 aromatic rings. The van der Waals surface area contributed by atoms with Gasteiger partial charge in [-0.2, -0.15) is 0 Å². The highest BCUT2D eigenvalue weighted by molar-refractivity contribution is 5.78. The summed E-state index contributed by atoms with van der Waals surface area (Å²) in [6.07, 6.45) is 3.05. The van der Waals surface area contributed by atoms with Gasteiger partial charge in [0.1, 0.15) is 17.7 Å². The summed E-state index contributed by atoms with van der Waals surface area (Å²) in [7, 11) is 0. The minimum atomic E-state index is 0.651. The van der Waals surface area contributed by atoms with Crippen molar-refractivity contribution in [3.63, 3.8) is 0 Å². The molecule has 1 aromatic heterocycles. The molecule has 0 aliphatic carbocycles. The lowest BCUT2D eigenvalue weighted by Crippen LogP contribution is -1.86. The molecule has 2 rings (SSSR count). The third kappa shape index (κ3) is 1.81. The Hall–Kier alpha value is -1.90. The average molecular weight is 201 g/mol. The molecule has 0 bridgehead atoms. The predicted octanol–water partition coefficient (Wildman–Crippen LogP) is 2.72. The molecule has 76 valence electrons. The van der Waals surface area contributed by atoms with E-state index in [0.717, 1.165) is 29.7 Å². The van der Waals surface area contributed by atoms with E-state index in [4.69, 9.17) is 4.42 Å². The number of aromatic nitrogens is 1. The van der Waals surface area contributed by atoms with Crippen LogP contribution in [-0.4, -0.2) is 11.3 Å². The van der Waals surface area contributed by atoms with Crippen LogP contribution in [0.25, 0.3) is 11.3 Å². The molecule has 0 N–H and O–H groups in total. The van der Waals surface area contributed by atoms with Crippen LogP contribution in [0.1, 0.15) is 23.0 Å². The zero-order valence-electron chi connectivity index (χ0n) is 8.43. The van der Waals surface area contributed by atoms with Crippen LogP contribution in [0.15, 0.2) is 35.1 Å². The van der Waals surface area contributed by atoms with Crippen molar-refractivity contribution >= 4 is 6.29 Å². The van der Waals surface area contributed by atoms with E-state index in [2.05, 4.69) is 4.98 Å². The van der Waals surface area contributed by atoms with Crippen molar-refractivity contribution in [3.05, 3.63) is 42.0 Å². The highest BCUT2D eigenvalue weighted by atomic mass is 16.3. The predicted molar refractivity (Wildman–Crippen MR) is 56.7 cm³/mol. The Morgan fingerprint density at radius 3 is 3.07 bits per heavy atom. The van der Waals surface area contributed by atoms with E-state index in [1.165, 1.54) is 6.39 Å². The van der Waals surface area contributed by atoms with Gasteiger partial charge in [-0.25, -0.2) is 4.98 Å². The van der Waals surface area contributed by atoms with E-state index >= 15 is 0 Å². The standard InChI is InChI=1S/C12H11NO2/c1-2-11-12(13-8-15-11)10-5-3-4-9(6-10)7-14/h3-8H,2H2,1H3. The summed E-state index contributed by atoms with van der Waals surface area (Å²) in [6.45, 7) is 2.01. The van der Waals surface area contributed by atoms with Crippen LogP contribution in [-0.2, 0) is 6.42 Å². The van der Waals surface area contributed by atoms with E-state index in [9.17, 15) is 4.79 Å². The summed E-state index contributed by atoms with van der Waals surface area (Å²) < 4.78 is 5.24. The molecule has 0 saturated carbocycles. The van der Waals surface area contributed by atoms with Crippen LogP contribution in [0.3, 0.4) is 0 Å². The summed E-state index contributed by atoms with van der Waals surface area (Å²) >= 11 is 0. The van der Waals surface area contributed by atoms with Crippen LogP contribution in [0.4, 0.5) is 0 Å². The van der Waals surface area contributed by atoms with Gasteiger partial charge in [-0.15, -0.1) is 0 Å². The van der Waals surface area contributed by atoms with Crippen molar-refractivity contribution in [2.75, 3.05) is 0 Å². The zero-order valence-corrected chi connectivity index (χ0v) is 8.43. The second-order valence-corrected chi connectivity index (χ2v) is 3.22. The van der Waals surface area contributed by atoms with E-state index < -0.39 is 0 Å². The molecule has 0 aliphatic rings. The quantitative estimate of drug-likeness (QED) is 0.717. The molecule has 0 amide bonds. The largest absolute Gasteiger partial charge is 0.448 e. The fourth-order valence-corrected chi connectivity index (χ4v) is 1.52. The number of oxazole rings is 1. The minimum Gasteiger partial charge on any atom is -0.448 e. The Morgan fingerprint density at radius 2 is 2.33 bits per heavy atom. The summed E-state index contributed by atoms with van der Waals surface area (Å²) in [6, 6.07) is 7.34. The van der Waals surface area contributed by atoms with Gasteiger partial charge in [0.2, 0.25) is 0 Å². The number of hydrogen-bond acceptors (Lipinski definition) is 3. The van der Waals surface area contributed by atoms with Gasteiger partial charge in [0, 0.05) is 17.5 Å². The maximum absolute atomic E-state index is 10.6. The fourth-order valence-electron chi connectivity index (χ4n) is 1.52. The number of nitrogens with zero attached hydrogens (tertiary/aromatic N) is 1. The summed E-state index contributed by atoms with van der Waals surface area (Å²) in [5.41, 5.74) is 2.39. The average Bonchev–Trinajstić information content (AvgIpc) is 2.77. The van der Waals surface area contributed by atoms with Crippen molar-refractivity contribution in [2.45, 2.75) is 13.3 Å². The molecule has 1 aromatic carbocycles. The molecule has 3 heteroatoms. The normalized spacial score (nSPS) is 10.2. The minimum absolute atomic E-state index is 0.651. The van der Waals surface area contributed by atoms with Gasteiger partial charge in [0.15, 0.2) is 6.39 Å². The fraction of sp³-hybridized carbons (Fsp3) is 0.167. The highest BCUT2D eigenvalue weighted by Gasteiger charge is 2.08. The molecule has 0 aliphatic heterocycles. The Morgan fingerprint density at radius 1 is 1.47 bits per heavy atom. The Kier molecular flexibility index (Phi) is 2.63. The molecule has 15 heavy (non-hydrogen) atoms. The van der Waals surface area contributed by atoms with Crippen LogP contribution >= 0.6 is 0 Å². The molecule has 0 fully saturated rings. The van der Waals surface area contributed by atoms with E-state index in [-0.39, 0.29) is 0 Å². The molecule has 1 heterocycles. The van der Waals surface area contributed by atoms with Gasteiger partial charge >= 0.3 is 0 Å². The van der Waals surface area contributed by atoms with Crippen molar-refractivity contribution in [1.82, 2.24) is 4.98 Å². The Bertz CT molecular complexity index is 474. The maximum Gasteiger partial charge on any atom is 0.181 e. The SMILES string of the molecule is CCc1ocnc1-c1cccc(C=O)c1. The topological polar surface area (TPSA) is 43.1 Å². The van der Waals surface area contributed by atoms with Gasteiger partial charge in [-0.05, 0) is 6.07 Å². The maximum atomic E-state index is 10.6. The van der Waals surface area contributed by atoms with Gasteiger partial charge in [-0.3, -0.25) is 4.79 Å². The smallest absolute Gasteiger partial charge is 0.181 e. The lowest BCUT2D eigenvalue weighted by atomic mass is 10.1. The molecule has 0 spiro atoms. The molecule has 3 nitrogen and oxygen atoms in total. The number of benzene rings is 1. The number of carbonyl (C=O) groups excluding carboxylic acids is 1. The first kappa shape index (κ1) is 9.65. The van der Waals surface area contributed by atoms with Gasteiger partial charge in [0.25, 0.3) is 0 Å². The second-order valence-electron chi connectivity index (χ2n) is 3.22. The van der Waals surface area contributed by atoms with E-state index in [1.807, 2.05) is 25.1 Å². The highest BCUT2D eigenvalue weighted by Crippen LogP contribution is 2.22. The first-order chi connectivity index (χ1) is 7.35. The van der Waals surface area contributed by atoms with Gasteiger partial charge < -0.3 is 4.42 Å². The van der Waals surface area contributed by atoms with Crippen LogP contribution in [0.2, 0.25) is 0 Å². The van der Waals surface area contributed by atoms with Crippen LogP contribution in [0, 0.1) is 0 Å². The van der Waals surface area contributed by atoms with Crippen LogP contribution in [0.5, 0.6) is 0 Å². The second kappa shape index (κ2) is 4.09. The Labute approximate surface area is 87.8 Å². The first-order valence-corrected chi connectivity index (χ1v) is 4.83. The third-order valence-corrected chi connectivity index (χ3v) is 2.26. The number of carbonyl (C=O) groups is 1. The van der Waals surface area contributed by atoms with Gasteiger partial charge in [0.05, 0.1) is 0 Å². The zero-order chi connectivity index (χ0) is 10.7. The van der Waals surface area contributed by atoms with Crippen molar-refractivity contribution in [3.8, 4) is 11.3 Å². The van der Waals surface area contributed by atoms with Crippen molar-refractivity contribution in [2.24, 2.45) is 0 Å². The molecular weight excluding hydrogens is 190 g/mol. The van der Waals surface area contributed by atoms with Crippen molar-refractivity contribution in [1.29, 1.82) is 0 Å². The van der Waals surface area contributed by atoms with E-state index in [0.29, 0.717) is 5.56 Å². The summed E-state index contributed by atoms with van der Waals surface area (Å²) in [5, 5.41) is 0. The van der Waals surface area contributed by atoms with Crippen LogP contribution < -0.4 is 0 Å². The molecular formula is C12H11NO2. The molecule has 0 unspecified atom stereocenters. The number of rotatable bonds is 3. The number of aryl methyl sites for hydroxylation is 1. The van der Waals surface area contributed by atoms with E-state index in [1.54, 1.807) is 6.07 Å². The van der Waals surface area contributed by atoms with Crippen molar-refractivity contribution < 1.29 is 9.21 Å². The first-order valence-electron chi connectivity index (χ1n) is 4.83. The summed E-state index contributed by atoms with van der Waals surface area (Å²) in [4.78, 5) is 14.8. The van der Waals surface area contributed by atoms with Gasteiger partial charge in [-0.1, -0.05) is 25.1 Å². The third-order valence-electron chi connectivity index (χ3n) is 2.26. The lowest BCUT2D eigenvalue weighted by Gasteiger charge is -1.99. The Balaban J connectivity index is 2.48. The molecule has 0 radical (unpaired) electrons.